The van der Waals surface area contributed by atoms with Gasteiger partial charge in [-0.25, -0.2) is 15.0 Å². The van der Waals surface area contributed by atoms with Crippen LogP contribution in [-0.2, 0) is 0 Å². The first kappa shape index (κ1) is 17.0. The van der Waals surface area contributed by atoms with Crippen LogP contribution in [0.25, 0.3) is 12.2 Å². The summed E-state index contributed by atoms with van der Waals surface area (Å²) in [5.41, 5.74) is 1.76. The van der Waals surface area contributed by atoms with Gasteiger partial charge in [0.05, 0.1) is 11.1 Å². The van der Waals surface area contributed by atoms with Gasteiger partial charge in [0.1, 0.15) is 0 Å². The zero-order valence-corrected chi connectivity index (χ0v) is 13.7. The molecule has 2 heterocycles. The van der Waals surface area contributed by atoms with Gasteiger partial charge >= 0.3 is 5.95 Å². The highest BCUT2D eigenvalue weighted by molar-refractivity contribution is 5.82. The van der Waals surface area contributed by atoms with Gasteiger partial charge in [-0.3, -0.25) is 10.1 Å². The van der Waals surface area contributed by atoms with Gasteiger partial charge in [-0.1, -0.05) is 12.1 Å². The summed E-state index contributed by atoms with van der Waals surface area (Å²) in [5.74, 6) is 0.258. The van der Waals surface area contributed by atoms with Crippen molar-refractivity contribution in [1.82, 2.24) is 9.97 Å². The molecule has 0 bridgehead atoms. The lowest BCUT2D eigenvalue weighted by molar-refractivity contribution is -0.384. The van der Waals surface area contributed by atoms with E-state index >= 15 is 0 Å². The van der Waals surface area contributed by atoms with Crippen molar-refractivity contribution in [3.8, 4) is 5.95 Å². The maximum absolute atomic E-state index is 10.8. The van der Waals surface area contributed by atoms with E-state index in [1.807, 2.05) is 13.0 Å². The molecular formula is C18H14N4O4. The van der Waals surface area contributed by atoms with Crippen molar-refractivity contribution >= 4 is 29.9 Å². The molecule has 130 valence electrons. The molecule has 0 saturated carbocycles. The molecule has 0 aliphatic rings. The van der Waals surface area contributed by atoms with E-state index in [1.165, 1.54) is 24.4 Å². The third kappa shape index (κ3) is 4.18. The van der Waals surface area contributed by atoms with Crippen LogP contribution in [0.1, 0.15) is 22.7 Å². The van der Waals surface area contributed by atoms with Crippen molar-refractivity contribution in [2.45, 2.75) is 6.92 Å². The zero-order chi connectivity index (χ0) is 18.5. The Kier molecular flexibility index (Phi) is 4.84. The van der Waals surface area contributed by atoms with Crippen molar-refractivity contribution in [3.63, 3.8) is 0 Å². The topological polar surface area (TPSA) is 115 Å². The number of benzene rings is 1. The average molecular weight is 350 g/mol. The Labute approximate surface area is 148 Å². The fourth-order valence-electron chi connectivity index (χ4n) is 2.12. The standard InChI is InChI=1S/C18H14N4O4/c1-12-7-8-19-16(9-12)20-11-15-18(23)26-17(21-15)6-5-13-3-2-4-14(10-13)22(24)25/h2-11,23H,1H3. The lowest BCUT2D eigenvalue weighted by atomic mass is 10.2. The summed E-state index contributed by atoms with van der Waals surface area (Å²) in [4.78, 5) is 22.6. The summed E-state index contributed by atoms with van der Waals surface area (Å²) in [6.07, 6.45) is 6.09. The molecule has 1 aromatic carbocycles. The highest BCUT2D eigenvalue weighted by atomic mass is 16.6. The summed E-state index contributed by atoms with van der Waals surface area (Å²) < 4.78 is 5.14. The number of hydrogen-bond acceptors (Lipinski definition) is 7. The van der Waals surface area contributed by atoms with Crippen molar-refractivity contribution in [3.05, 3.63) is 75.4 Å². The molecule has 0 amide bonds. The molecule has 0 radical (unpaired) electrons. The van der Waals surface area contributed by atoms with Crippen LogP contribution in [0.2, 0.25) is 0 Å². The number of nitro benzene ring substituents is 1. The zero-order valence-electron chi connectivity index (χ0n) is 13.7. The largest absolute Gasteiger partial charge is 0.479 e. The highest BCUT2D eigenvalue weighted by Crippen LogP contribution is 2.20. The van der Waals surface area contributed by atoms with Gasteiger partial charge in [-0.05, 0) is 36.3 Å². The minimum atomic E-state index is -0.470. The van der Waals surface area contributed by atoms with Crippen LogP contribution in [0.4, 0.5) is 11.5 Å². The minimum absolute atomic E-state index is 0.0131. The second-order valence-electron chi connectivity index (χ2n) is 5.38. The van der Waals surface area contributed by atoms with E-state index in [1.54, 1.807) is 30.5 Å². The van der Waals surface area contributed by atoms with Gasteiger partial charge in [0.25, 0.3) is 5.69 Å². The van der Waals surface area contributed by atoms with E-state index in [9.17, 15) is 15.2 Å². The summed E-state index contributed by atoms with van der Waals surface area (Å²) in [6, 6.07) is 9.75. The van der Waals surface area contributed by atoms with Crippen LogP contribution in [-0.4, -0.2) is 26.2 Å². The predicted octanol–water partition coefficient (Wildman–Crippen LogP) is 3.91. The summed E-state index contributed by atoms with van der Waals surface area (Å²) in [6.45, 7) is 1.92. The first-order valence-corrected chi connectivity index (χ1v) is 7.60. The van der Waals surface area contributed by atoms with Crippen LogP contribution < -0.4 is 0 Å². The molecule has 0 fully saturated rings. The number of aryl methyl sites for hydroxylation is 1. The molecule has 3 rings (SSSR count). The second kappa shape index (κ2) is 7.39. The molecular weight excluding hydrogens is 336 g/mol. The van der Waals surface area contributed by atoms with E-state index in [2.05, 4.69) is 15.0 Å². The first-order valence-electron chi connectivity index (χ1n) is 7.60. The number of rotatable bonds is 5. The van der Waals surface area contributed by atoms with Gasteiger partial charge in [-0.2, -0.15) is 0 Å². The Morgan fingerprint density at radius 1 is 1.27 bits per heavy atom. The number of pyridine rings is 1. The Morgan fingerprint density at radius 2 is 2.12 bits per heavy atom. The molecule has 26 heavy (non-hydrogen) atoms. The average Bonchev–Trinajstić information content (AvgIpc) is 2.98. The van der Waals surface area contributed by atoms with Crippen molar-refractivity contribution in [2.24, 2.45) is 4.99 Å². The third-order valence-electron chi connectivity index (χ3n) is 3.37. The Bertz CT molecular complexity index is 1010. The number of non-ortho nitro benzene ring substituents is 1. The van der Waals surface area contributed by atoms with E-state index in [0.717, 1.165) is 5.56 Å². The van der Waals surface area contributed by atoms with Crippen LogP contribution in [0.3, 0.4) is 0 Å². The molecule has 2 aromatic heterocycles. The smallest absolute Gasteiger partial charge is 0.312 e. The molecule has 3 aromatic rings. The molecule has 0 spiro atoms. The SMILES string of the molecule is Cc1ccnc(N=Cc2nc(C=Cc3cccc([N+](=O)[O-])c3)oc2O)c1. The molecule has 0 aliphatic carbocycles. The van der Waals surface area contributed by atoms with E-state index in [4.69, 9.17) is 4.42 Å². The Morgan fingerprint density at radius 3 is 2.88 bits per heavy atom. The van der Waals surface area contributed by atoms with Crippen LogP contribution in [0.5, 0.6) is 5.95 Å². The van der Waals surface area contributed by atoms with Gasteiger partial charge in [0.2, 0.25) is 5.89 Å². The monoisotopic (exact) mass is 350 g/mol. The number of aliphatic imine (C=N–C) groups is 1. The highest BCUT2D eigenvalue weighted by Gasteiger charge is 2.09. The van der Waals surface area contributed by atoms with Crippen molar-refractivity contribution in [1.29, 1.82) is 0 Å². The number of nitro groups is 1. The quantitative estimate of drug-likeness (QED) is 0.424. The van der Waals surface area contributed by atoms with Gasteiger partial charge in [0.15, 0.2) is 11.5 Å². The lowest BCUT2D eigenvalue weighted by Gasteiger charge is -1.93. The Balaban J connectivity index is 1.77. The predicted molar refractivity (Wildman–Crippen MR) is 96.4 cm³/mol. The van der Waals surface area contributed by atoms with Crippen LogP contribution in [0, 0.1) is 17.0 Å². The Hall–Kier alpha value is -3.81. The van der Waals surface area contributed by atoms with E-state index < -0.39 is 4.92 Å². The summed E-state index contributed by atoms with van der Waals surface area (Å²) in [7, 11) is 0. The molecule has 1 N–H and O–H groups in total. The van der Waals surface area contributed by atoms with E-state index in [-0.39, 0.29) is 23.2 Å². The summed E-state index contributed by atoms with van der Waals surface area (Å²) >= 11 is 0. The molecule has 8 heteroatoms. The van der Waals surface area contributed by atoms with Gasteiger partial charge < -0.3 is 9.52 Å². The normalized spacial score (nSPS) is 11.4. The number of aromatic hydroxyl groups is 1. The maximum atomic E-state index is 10.8. The third-order valence-corrected chi connectivity index (χ3v) is 3.37. The number of hydrogen-bond donors (Lipinski definition) is 1. The van der Waals surface area contributed by atoms with Crippen molar-refractivity contribution < 1.29 is 14.4 Å². The number of nitrogens with zero attached hydrogens (tertiary/aromatic N) is 4. The second-order valence-corrected chi connectivity index (χ2v) is 5.38. The lowest BCUT2D eigenvalue weighted by Crippen LogP contribution is -1.87. The molecule has 0 aliphatic heterocycles. The molecule has 0 atom stereocenters. The van der Waals surface area contributed by atoms with Crippen LogP contribution in [0.15, 0.2) is 52.0 Å². The number of aromatic nitrogens is 2. The van der Waals surface area contributed by atoms with Crippen LogP contribution >= 0.6 is 0 Å². The van der Waals surface area contributed by atoms with E-state index in [0.29, 0.717) is 11.4 Å². The minimum Gasteiger partial charge on any atom is -0.479 e. The fraction of sp³-hybridized carbons (Fsp3) is 0.0556. The van der Waals surface area contributed by atoms with Gasteiger partial charge in [0, 0.05) is 24.4 Å². The maximum Gasteiger partial charge on any atom is 0.312 e. The van der Waals surface area contributed by atoms with Crippen molar-refractivity contribution in [2.75, 3.05) is 0 Å². The molecule has 8 nitrogen and oxygen atoms in total. The molecule has 0 saturated heterocycles. The molecule has 0 unspecified atom stereocenters. The fourth-order valence-corrected chi connectivity index (χ4v) is 2.12. The summed E-state index contributed by atoms with van der Waals surface area (Å²) in [5, 5.41) is 20.6. The van der Waals surface area contributed by atoms with Gasteiger partial charge in [-0.15, -0.1) is 0 Å². The first-order chi connectivity index (χ1) is 12.5. The number of oxazole rings is 1.